The molecule has 0 aromatic heterocycles. The van der Waals surface area contributed by atoms with E-state index in [4.69, 9.17) is 0 Å². The second kappa shape index (κ2) is 3.59. The van der Waals surface area contributed by atoms with Crippen molar-refractivity contribution in [3.63, 3.8) is 0 Å². The van der Waals surface area contributed by atoms with Gasteiger partial charge in [-0.3, -0.25) is 9.64 Å². The molecule has 1 aliphatic rings. The lowest BCUT2D eigenvalue weighted by Crippen LogP contribution is -2.49. The minimum absolute atomic E-state index is 0.0933. The summed E-state index contributed by atoms with van der Waals surface area (Å²) < 4.78 is 39.0. The summed E-state index contributed by atoms with van der Waals surface area (Å²) in [5, 5.41) is 3.83. The fourth-order valence-electron chi connectivity index (χ4n) is 0.995. The lowest BCUT2D eigenvalue weighted by molar-refractivity contribution is -0.359. The van der Waals surface area contributed by atoms with Crippen LogP contribution in [0, 0.1) is 0 Å². The Labute approximate surface area is 68.5 Å². The first kappa shape index (κ1) is 9.76. The van der Waals surface area contributed by atoms with E-state index in [1.54, 1.807) is 7.05 Å². The second-order valence-electron chi connectivity index (χ2n) is 2.63. The van der Waals surface area contributed by atoms with Crippen LogP contribution in [0.15, 0.2) is 0 Å². The van der Waals surface area contributed by atoms with E-state index in [0.717, 1.165) is 0 Å². The van der Waals surface area contributed by atoms with Gasteiger partial charge in [-0.1, -0.05) is 0 Å². The van der Waals surface area contributed by atoms with Crippen molar-refractivity contribution in [3.05, 3.63) is 0 Å². The minimum Gasteiger partial charge on any atom is -0.279 e. The highest BCUT2D eigenvalue weighted by atomic mass is 19.4. The van der Waals surface area contributed by atoms with Crippen LogP contribution >= 0.6 is 0 Å². The summed E-state index contributed by atoms with van der Waals surface area (Å²) in [6.07, 6.45) is -5.51. The Bertz CT molecular complexity index is 150. The monoisotopic (exact) mass is 183 g/mol. The first-order valence-electron chi connectivity index (χ1n) is 3.57. The Morgan fingerprint density at radius 3 is 2.67 bits per heavy atom. The molecule has 3 nitrogen and oxygen atoms in total. The van der Waals surface area contributed by atoms with E-state index in [1.807, 2.05) is 0 Å². The average molecular weight is 183 g/mol. The molecule has 0 N–H and O–H groups in total. The highest BCUT2D eigenvalue weighted by Gasteiger charge is 2.36. The molecule has 0 aromatic rings. The Morgan fingerprint density at radius 1 is 1.50 bits per heavy atom. The molecule has 1 fully saturated rings. The summed E-state index contributed by atoms with van der Waals surface area (Å²) in [4.78, 5) is 1.50. The maximum Gasteiger partial charge on any atom is 0.524 e. The first-order valence-corrected chi connectivity index (χ1v) is 3.57. The van der Waals surface area contributed by atoms with Gasteiger partial charge in [0.05, 0.1) is 6.54 Å². The van der Waals surface area contributed by atoms with E-state index < -0.39 is 12.6 Å². The van der Waals surface area contributed by atoms with Crippen molar-refractivity contribution in [2.75, 3.05) is 26.7 Å². The number of piperazine rings is 1. The van der Waals surface area contributed by atoms with Crippen LogP contribution in [0.4, 0.5) is 13.2 Å². The largest absolute Gasteiger partial charge is 0.524 e. The third kappa shape index (κ3) is 2.96. The lowest BCUT2D eigenvalue weighted by atomic mass is 10.3. The fourth-order valence-corrected chi connectivity index (χ4v) is 0.995. The molecule has 1 aliphatic heterocycles. The summed E-state index contributed by atoms with van der Waals surface area (Å²) in [6, 6.07) is 0. The molecule has 0 aromatic carbocycles. The van der Waals surface area contributed by atoms with Gasteiger partial charge < -0.3 is 0 Å². The number of likely N-dealkylation sites (N-methyl/N-ethyl adjacent to an activating group) is 1. The van der Waals surface area contributed by atoms with Gasteiger partial charge in [0.2, 0.25) is 0 Å². The van der Waals surface area contributed by atoms with Crippen molar-refractivity contribution >= 4 is 0 Å². The smallest absolute Gasteiger partial charge is 0.279 e. The van der Waals surface area contributed by atoms with Crippen LogP contribution in [-0.2, 0) is 4.74 Å². The quantitative estimate of drug-likeness (QED) is 0.588. The van der Waals surface area contributed by atoms with Crippen LogP contribution < -0.4 is 5.32 Å². The molecular weight excluding hydrogens is 173 g/mol. The summed E-state index contributed by atoms with van der Waals surface area (Å²) >= 11 is 0. The topological polar surface area (TPSA) is 26.6 Å². The third-order valence-corrected chi connectivity index (χ3v) is 1.66. The number of hydrogen-bond donors (Lipinski definition) is 0. The summed E-state index contributed by atoms with van der Waals surface area (Å²) in [5.41, 5.74) is 0. The highest BCUT2D eigenvalue weighted by molar-refractivity contribution is 4.69. The molecule has 0 amide bonds. The van der Waals surface area contributed by atoms with Crippen LogP contribution in [0.2, 0.25) is 0 Å². The van der Waals surface area contributed by atoms with E-state index in [2.05, 4.69) is 10.1 Å². The van der Waals surface area contributed by atoms with Gasteiger partial charge in [-0.2, -0.15) is 0 Å². The standard InChI is InChI=1S/C6H10F3N2O/c1-11-3-2-10-4-5(11)12-6(7,8)9/h5H,2-4H2,1H3. The van der Waals surface area contributed by atoms with Crippen LogP contribution in [0.5, 0.6) is 0 Å². The van der Waals surface area contributed by atoms with Gasteiger partial charge in [-0.15, -0.1) is 13.2 Å². The molecule has 1 rings (SSSR count). The molecule has 1 radical (unpaired) electrons. The molecule has 1 saturated heterocycles. The molecule has 0 bridgehead atoms. The normalized spacial score (nSPS) is 27.5. The van der Waals surface area contributed by atoms with Gasteiger partial charge in [0.15, 0.2) is 0 Å². The predicted octanol–water partition coefficient (Wildman–Crippen LogP) is 0.399. The number of alkyl halides is 3. The van der Waals surface area contributed by atoms with Gasteiger partial charge in [0, 0.05) is 13.1 Å². The molecule has 0 spiro atoms. The van der Waals surface area contributed by atoms with Crippen LogP contribution in [0.3, 0.4) is 0 Å². The van der Waals surface area contributed by atoms with Crippen LogP contribution in [0.25, 0.3) is 0 Å². The number of nitrogens with zero attached hydrogens (tertiary/aromatic N) is 2. The molecule has 71 valence electrons. The maximum absolute atomic E-state index is 11.7. The van der Waals surface area contributed by atoms with Crippen molar-refractivity contribution in [1.29, 1.82) is 0 Å². The molecular formula is C6H10F3N2O. The van der Waals surface area contributed by atoms with E-state index in [0.29, 0.717) is 13.1 Å². The van der Waals surface area contributed by atoms with E-state index >= 15 is 0 Å². The molecule has 1 heterocycles. The molecule has 1 atom stereocenters. The molecule has 6 heteroatoms. The van der Waals surface area contributed by atoms with E-state index in [9.17, 15) is 13.2 Å². The number of ether oxygens (including phenoxy) is 1. The summed E-state index contributed by atoms with van der Waals surface area (Å²) in [6.45, 7) is 1.19. The maximum atomic E-state index is 11.7. The SMILES string of the molecule is CN1CC[N]CC1OC(F)(F)F. The van der Waals surface area contributed by atoms with Crippen molar-refractivity contribution in [3.8, 4) is 0 Å². The first-order chi connectivity index (χ1) is 5.49. The third-order valence-electron chi connectivity index (χ3n) is 1.66. The molecule has 12 heavy (non-hydrogen) atoms. The zero-order valence-corrected chi connectivity index (χ0v) is 6.64. The van der Waals surface area contributed by atoms with Crippen LogP contribution in [0.1, 0.15) is 0 Å². The van der Waals surface area contributed by atoms with Gasteiger partial charge >= 0.3 is 6.36 Å². The minimum atomic E-state index is -4.56. The summed E-state index contributed by atoms with van der Waals surface area (Å²) in [5.74, 6) is 0. The van der Waals surface area contributed by atoms with Gasteiger partial charge in [-0.25, -0.2) is 5.32 Å². The van der Waals surface area contributed by atoms with Crippen LogP contribution in [-0.4, -0.2) is 44.2 Å². The Hall–Kier alpha value is -0.330. The highest BCUT2D eigenvalue weighted by Crippen LogP contribution is 2.20. The zero-order valence-electron chi connectivity index (χ0n) is 6.64. The Kier molecular flexibility index (Phi) is 2.92. The number of halogens is 3. The molecule has 1 unspecified atom stereocenters. The van der Waals surface area contributed by atoms with Crippen molar-refractivity contribution in [1.82, 2.24) is 10.2 Å². The second-order valence-corrected chi connectivity index (χ2v) is 2.63. The number of rotatable bonds is 1. The van der Waals surface area contributed by atoms with Crippen molar-refractivity contribution in [2.45, 2.75) is 12.6 Å². The van der Waals surface area contributed by atoms with Gasteiger partial charge in [0.25, 0.3) is 0 Å². The Balaban J connectivity index is 2.39. The average Bonchev–Trinajstić information content (AvgIpc) is 1.91. The number of hydrogen-bond acceptors (Lipinski definition) is 2. The predicted molar refractivity (Wildman–Crippen MR) is 35.4 cm³/mol. The summed E-state index contributed by atoms with van der Waals surface area (Å²) in [7, 11) is 1.59. The van der Waals surface area contributed by atoms with Crippen molar-refractivity contribution in [2.24, 2.45) is 0 Å². The lowest BCUT2D eigenvalue weighted by Gasteiger charge is -2.31. The fraction of sp³-hybridized carbons (Fsp3) is 1.00. The van der Waals surface area contributed by atoms with Crippen molar-refractivity contribution < 1.29 is 17.9 Å². The van der Waals surface area contributed by atoms with E-state index in [-0.39, 0.29) is 6.54 Å². The van der Waals surface area contributed by atoms with E-state index in [1.165, 1.54) is 4.90 Å². The van der Waals surface area contributed by atoms with Gasteiger partial charge in [-0.05, 0) is 7.05 Å². The molecule has 0 aliphatic carbocycles. The Morgan fingerprint density at radius 2 is 2.17 bits per heavy atom. The van der Waals surface area contributed by atoms with Gasteiger partial charge in [0.1, 0.15) is 6.23 Å². The zero-order chi connectivity index (χ0) is 9.19. The molecule has 0 saturated carbocycles.